The van der Waals surface area contributed by atoms with E-state index in [1.807, 2.05) is 31.2 Å². The quantitative estimate of drug-likeness (QED) is 0.310. The van der Waals surface area contributed by atoms with E-state index in [2.05, 4.69) is 5.32 Å². The molecule has 0 aliphatic heterocycles. The molecule has 1 N–H and O–H groups in total. The highest BCUT2D eigenvalue weighted by Crippen LogP contribution is 2.28. The summed E-state index contributed by atoms with van der Waals surface area (Å²) >= 11 is 12.2. The summed E-state index contributed by atoms with van der Waals surface area (Å²) in [6.45, 7) is 3.24. The van der Waals surface area contributed by atoms with E-state index in [0.29, 0.717) is 10.0 Å². The average molecular weight is 603 g/mol. The number of sulfonamides is 1. The van der Waals surface area contributed by atoms with Gasteiger partial charge in [0.05, 0.1) is 10.6 Å². The van der Waals surface area contributed by atoms with Crippen LogP contribution in [0.2, 0.25) is 10.0 Å². The summed E-state index contributed by atoms with van der Waals surface area (Å²) in [5.74, 6) is -0.782. The average Bonchev–Trinajstić information content (AvgIpc) is 3.43. The zero-order valence-corrected chi connectivity index (χ0v) is 24.8. The summed E-state index contributed by atoms with van der Waals surface area (Å²) < 4.78 is 28.7. The van der Waals surface area contributed by atoms with E-state index in [9.17, 15) is 18.0 Å². The lowest BCUT2D eigenvalue weighted by Gasteiger charge is -2.32. The Bertz CT molecular complexity index is 1460. The summed E-state index contributed by atoms with van der Waals surface area (Å²) in [5, 5.41) is 3.78. The van der Waals surface area contributed by atoms with Gasteiger partial charge in [-0.25, -0.2) is 8.42 Å². The van der Waals surface area contributed by atoms with Crippen LogP contribution in [0.5, 0.6) is 0 Å². The second kappa shape index (κ2) is 13.1. The Morgan fingerprint density at radius 1 is 0.950 bits per heavy atom. The number of amides is 2. The minimum absolute atomic E-state index is 0.0260. The van der Waals surface area contributed by atoms with E-state index >= 15 is 0 Å². The van der Waals surface area contributed by atoms with Gasteiger partial charge in [0, 0.05) is 22.6 Å². The number of aryl methyl sites for hydroxylation is 1. The Morgan fingerprint density at radius 3 is 2.27 bits per heavy atom. The first kappa shape index (κ1) is 29.9. The van der Waals surface area contributed by atoms with Gasteiger partial charge in [-0.05, 0) is 74.7 Å². The zero-order valence-electron chi connectivity index (χ0n) is 22.5. The summed E-state index contributed by atoms with van der Waals surface area (Å²) in [6, 6.07) is 19.0. The Labute approximate surface area is 246 Å². The van der Waals surface area contributed by atoms with Gasteiger partial charge in [0.15, 0.2) is 0 Å². The Morgan fingerprint density at radius 2 is 1.62 bits per heavy atom. The van der Waals surface area contributed by atoms with E-state index in [1.54, 1.807) is 25.1 Å². The van der Waals surface area contributed by atoms with Crippen LogP contribution in [-0.2, 0) is 26.2 Å². The lowest BCUT2D eigenvalue weighted by molar-refractivity contribution is -0.139. The summed E-state index contributed by atoms with van der Waals surface area (Å²) in [7, 11) is -4.19. The molecular weight excluding hydrogens is 569 g/mol. The molecule has 0 unspecified atom stereocenters. The first-order valence-corrected chi connectivity index (χ1v) is 15.4. The molecule has 7 nitrogen and oxygen atoms in total. The molecule has 0 spiro atoms. The second-order valence-corrected chi connectivity index (χ2v) is 12.9. The second-order valence-electron chi connectivity index (χ2n) is 10.1. The fourth-order valence-electron chi connectivity index (χ4n) is 4.88. The van der Waals surface area contributed by atoms with E-state index in [-0.39, 0.29) is 29.1 Å². The Balaban J connectivity index is 1.69. The first-order chi connectivity index (χ1) is 19.0. The molecule has 212 valence electrons. The Kier molecular flexibility index (Phi) is 9.77. The van der Waals surface area contributed by atoms with Crippen LogP contribution in [0.3, 0.4) is 0 Å². The van der Waals surface area contributed by atoms with Crippen LogP contribution in [-0.4, -0.2) is 43.8 Å². The molecule has 4 rings (SSSR count). The molecule has 1 aliphatic rings. The molecule has 10 heteroatoms. The minimum Gasteiger partial charge on any atom is -0.352 e. The van der Waals surface area contributed by atoms with Crippen molar-refractivity contribution in [1.29, 1.82) is 0 Å². The van der Waals surface area contributed by atoms with E-state index in [4.69, 9.17) is 23.2 Å². The number of nitrogens with one attached hydrogen (secondary N) is 1. The number of hydrogen-bond donors (Lipinski definition) is 1. The normalized spacial score (nSPS) is 14.5. The number of carbonyl (C=O) groups is 2. The number of rotatable bonds is 10. The van der Waals surface area contributed by atoms with Crippen molar-refractivity contribution in [3.8, 4) is 0 Å². The largest absolute Gasteiger partial charge is 0.352 e. The SMILES string of the molecule is Cc1cccc(CN(C(=O)CN(c2cccc(Cl)c2)S(=O)(=O)c2ccc(Cl)cc2)[C@H](C)C(=O)NC2CCCC2)c1. The van der Waals surface area contributed by atoms with Crippen molar-refractivity contribution >= 4 is 50.7 Å². The van der Waals surface area contributed by atoms with Gasteiger partial charge in [-0.3, -0.25) is 13.9 Å². The van der Waals surface area contributed by atoms with Crippen LogP contribution in [0.1, 0.15) is 43.7 Å². The molecular formula is C30H33Cl2N3O4S. The third-order valence-electron chi connectivity index (χ3n) is 7.08. The van der Waals surface area contributed by atoms with Crippen LogP contribution < -0.4 is 9.62 Å². The predicted octanol–water partition coefficient (Wildman–Crippen LogP) is 5.97. The molecule has 1 saturated carbocycles. The molecule has 2 amide bonds. The predicted molar refractivity (Wildman–Crippen MR) is 159 cm³/mol. The van der Waals surface area contributed by atoms with E-state index in [0.717, 1.165) is 41.1 Å². The number of carbonyl (C=O) groups excluding carboxylic acids is 2. The van der Waals surface area contributed by atoms with Crippen molar-refractivity contribution in [2.45, 2.75) is 63.1 Å². The van der Waals surface area contributed by atoms with Crippen molar-refractivity contribution < 1.29 is 18.0 Å². The number of halogens is 2. The van der Waals surface area contributed by atoms with Gasteiger partial charge >= 0.3 is 0 Å². The van der Waals surface area contributed by atoms with Gasteiger partial charge in [-0.2, -0.15) is 0 Å². The van der Waals surface area contributed by atoms with Crippen LogP contribution in [0.15, 0.2) is 77.7 Å². The smallest absolute Gasteiger partial charge is 0.264 e. The lowest BCUT2D eigenvalue weighted by Crippen LogP contribution is -2.52. The monoisotopic (exact) mass is 601 g/mol. The summed E-state index contributed by atoms with van der Waals surface area (Å²) in [6.07, 6.45) is 3.93. The van der Waals surface area contributed by atoms with Crippen molar-refractivity contribution in [2.75, 3.05) is 10.8 Å². The highest BCUT2D eigenvalue weighted by molar-refractivity contribution is 7.92. The fourth-order valence-corrected chi connectivity index (χ4v) is 6.59. The van der Waals surface area contributed by atoms with Gasteiger partial charge in [0.2, 0.25) is 11.8 Å². The number of benzene rings is 3. The molecule has 0 heterocycles. The van der Waals surface area contributed by atoms with Crippen molar-refractivity contribution in [3.05, 3.63) is 94.0 Å². The molecule has 1 fully saturated rings. The highest BCUT2D eigenvalue weighted by Gasteiger charge is 2.33. The first-order valence-electron chi connectivity index (χ1n) is 13.2. The maximum Gasteiger partial charge on any atom is 0.264 e. The van der Waals surface area contributed by atoms with E-state index in [1.165, 1.54) is 35.2 Å². The van der Waals surface area contributed by atoms with Gasteiger partial charge in [0.1, 0.15) is 12.6 Å². The van der Waals surface area contributed by atoms with Gasteiger partial charge in [-0.15, -0.1) is 0 Å². The Hall–Kier alpha value is -3.07. The van der Waals surface area contributed by atoms with Crippen molar-refractivity contribution in [3.63, 3.8) is 0 Å². The summed E-state index contributed by atoms with van der Waals surface area (Å²) in [4.78, 5) is 28.7. The maximum atomic E-state index is 14.0. The zero-order chi connectivity index (χ0) is 28.9. The third kappa shape index (κ3) is 7.36. The highest BCUT2D eigenvalue weighted by atomic mass is 35.5. The van der Waals surface area contributed by atoms with Crippen LogP contribution >= 0.6 is 23.2 Å². The van der Waals surface area contributed by atoms with Gasteiger partial charge < -0.3 is 10.2 Å². The van der Waals surface area contributed by atoms with Crippen LogP contribution in [0, 0.1) is 6.92 Å². The molecule has 0 bridgehead atoms. The van der Waals surface area contributed by atoms with Crippen LogP contribution in [0.25, 0.3) is 0 Å². The standard InChI is InChI=1S/C30H33Cl2N3O4S/c1-21-7-5-8-23(17-21)19-34(22(2)30(37)33-26-10-3-4-11-26)29(36)20-35(27-12-6-9-25(32)18-27)40(38,39)28-15-13-24(31)14-16-28/h5-9,12-18,22,26H,3-4,10-11,19-20H2,1-2H3,(H,33,37)/t22-/m1/s1. The fraction of sp³-hybridized carbons (Fsp3) is 0.333. The molecule has 0 aromatic heterocycles. The minimum atomic E-state index is -4.19. The molecule has 3 aromatic carbocycles. The number of anilines is 1. The molecule has 0 saturated heterocycles. The molecule has 1 aliphatic carbocycles. The van der Waals surface area contributed by atoms with Crippen LogP contribution in [0.4, 0.5) is 5.69 Å². The van der Waals surface area contributed by atoms with Crippen molar-refractivity contribution in [2.24, 2.45) is 0 Å². The maximum absolute atomic E-state index is 14.0. The molecule has 3 aromatic rings. The lowest BCUT2D eigenvalue weighted by atomic mass is 10.1. The molecule has 40 heavy (non-hydrogen) atoms. The van der Waals surface area contributed by atoms with Gasteiger partial charge in [-0.1, -0.05) is 71.9 Å². The van der Waals surface area contributed by atoms with Gasteiger partial charge in [0.25, 0.3) is 10.0 Å². The number of hydrogen-bond acceptors (Lipinski definition) is 4. The third-order valence-corrected chi connectivity index (χ3v) is 9.36. The topological polar surface area (TPSA) is 86.8 Å². The number of nitrogens with zero attached hydrogens (tertiary/aromatic N) is 2. The van der Waals surface area contributed by atoms with E-state index < -0.39 is 28.5 Å². The molecule has 1 atom stereocenters. The molecule has 0 radical (unpaired) electrons. The summed E-state index contributed by atoms with van der Waals surface area (Å²) in [5.41, 5.74) is 2.08. The van der Waals surface area contributed by atoms with Crippen molar-refractivity contribution in [1.82, 2.24) is 10.2 Å².